The van der Waals surface area contributed by atoms with Crippen LogP contribution in [0.2, 0.25) is 0 Å². The van der Waals surface area contributed by atoms with Gasteiger partial charge >= 0.3 is 12.1 Å². The second-order valence-corrected chi connectivity index (χ2v) is 3.35. The molecule has 116 valence electrons. The molecule has 0 amide bonds. The molecule has 0 aliphatic heterocycles. The highest BCUT2D eigenvalue weighted by atomic mass is 19.4. The molecule has 0 radical (unpaired) electrons. The summed E-state index contributed by atoms with van der Waals surface area (Å²) in [5, 5.41) is 12.0. The van der Waals surface area contributed by atoms with Crippen molar-refractivity contribution in [1.29, 1.82) is 0 Å². The van der Waals surface area contributed by atoms with E-state index in [9.17, 15) is 18.0 Å². The molecule has 0 unspecified atom stereocenters. The summed E-state index contributed by atoms with van der Waals surface area (Å²) in [5.74, 6) is -1.41. The van der Waals surface area contributed by atoms with Crippen LogP contribution in [0.5, 0.6) is 0 Å². The van der Waals surface area contributed by atoms with Crippen molar-refractivity contribution in [3.8, 4) is 0 Å². The van der Waals surface area contributed by atoms with E-state index >= 15 is 0 Å². The van der Waals surface area contributed by atoms with Crippen molar-refractivity contribution < 1.29 is 27.9 Å². The zero-order valence-corrected chi connectivity index (χ0v) is 11.5. The van der Waals surface area contributed by atoms with Crippen molar-refractivity contribution in [3.63, 3.8) is 0 Å². The Morgan fingerprint density at radius 3 is 2.38 bits per heavy atom. The van der Waals surface area contributed by atoms with E-state index in [1.54, 1.807) is 0 Å². The molecule has 0 spiro atoms. The van der Waals surface area contributed by atoms with Crippen molar-refractivity contribution in [3.05, 3.63) is 35.4 Å². The van der Waals surface area contributed by atoms with E-state index in [1.165, 1.54) is 24.3 Å². The van der Waals surface area contributed by atoms with Gasteiger partial charge in [0.15, 0.2) is 5.84 Å². The molecule has 1 rings (SSSR count). The number of nitrogens with zero attached hydrogens (tertiary/aromatic N) is 2. The summed E-state index contributed by atoms with van der Waals surface area (Å²) < 4.78 is 35.6. The van der Waals surface area contributed by atoms with Crippen LogP contribution >= 0.6 is 0 Å². The number of hydrogen-bond acceptors (Lipinski definition) is 3. The molecule has 1 aromatic carbocycles. The van der Waals surface area contributed by atoms with Gasteiger partial charge in [0.1, 0.15) is 0 Å². The summed E-state index contributed by atoms with van der Waals surface area (Å²) in [6, 6.07) is 5.36. The number of rotatable bonds is 4. The first-order valence-electron chi connectivity index (χ1n) is 5.90. The van der Waals surface area contributed by atoms with Crippen LogP contribution in [0.3, 0.4) is 0 Å². The molecule has 0 saturated carbocycles. The molecule has 0 bridgehead atoms. The monoisotopic (exact) mass is 304 g/mol. The zero-order chi connectivity index (χ0) is 16.5. The van der Waals surface area contributed by atoms with E-state index in [1.807, 2.05) is 13.8 Å². The van der Waals surface area contributed by atoms with E-state index in [4.69, 9.17) is 5.11 Å². The van der Waals surface area contributed by atoms with Crippen molar-refractivity contribution in [2.24, 2.45) is 10.1 Å². The molecule has 8 heteroatoms. The van der Waals surface area contributed by atoms with Crippen LogP contribution < -0.4 is 0 Å². The van der Waals surface area contributed by atoms with Crippen LogP contribution in [-0.2, 0) is 4.84 Å². The number of carboxylic acids is 1. The maximum atomic E-state index is 11.9. The van der Waals surface area contributed by atoms with Gasteiger partial charge in [-0.05, 0) is 18.9 Å². The number of alkyl halides is 3. The number of carbonyl (C=O) groups is 1. The molecule has 1 aromatic rings. The van der Waals surface area contributed by atoms with Gasteiger partial charge in [-0.1, -0.05) is 31.1 Å². The maximum Gasteiger partial charge on any atom is 0.425 e. The molecule has 0 aliphatic rings. The van der Waals surface area contributed by atoms with Crippen molar-refractivity contribution >= 4 is 18.5 Å². The van der Waals surface area contributed by atoms with Crippen molar-refractivity contribution in [2.75, 3.05) is 6.61 Å². The predicted molar refractivity (Wildman–Crippen MR) is 72.8 cm³/mol. The Morgan fingerprint density at radius 1 is 1.33 bits per heavy atom. The number of oxime groups is 1. The number of benzene rings is 1. The molecule has 0 atom stereocenters. The number of hydrogen-bond donors (Lipinski definition) is 1. The molecular formula is C13H15F3N2O3. The molecule has 0 saturated heterocycles. The van der Waals surface area contributed by atoms with Gasteiger partial charge in [0, 0.05) is 5.56 Å². The number of halogens is 3. The SMILES string of the molecule is C=N/C(=N\OCC(F)(F)F)c1cccc(C(=O)O)c1.CC. The molecule has 0 heterocycles. The van der Waals surface area contributed by atoms with Crippen LogP contribution in [0.4, 0.5) is 13.2 Å². The molecule has 1 N–H and O–H groups in total. The Hall–Kier alpha value is -2.38. The lowest BCUT2D eigenvalue weighted by Gasteiger charge is -2.05. The third kappa shape index (κ3) is 7.09. The second-order valence-electron chi connectivity index (χ2n) is 3.35. The van der Waals surface area contributed by atoms with Crippen LogP contribution in [0, 0.1) is 0 Å². The first-order chi connectivity index (χ1) is 9.83. The van der Waals surface area contributed by atoms with Gasteiger partial charge in [0.2, 0.25) is 6.61 Å². The summed E-state index contributed by atoms with van der Waals surface area (Å²) >= 11 is 0. The van der Waals surface area contributed by atoms with Gasteiger partial charge in [-0.3, -0.25) is 0 Å². The summed E-state index contributed by atoms with van der Waals surface area (Å²) in [6.45, 7) is 5.57. The van der Waals surface area contributed by atoms with E-state index in [0.29, 0.717) is 0 Å². The molecule has 5 nitrogen and oxygen atoms in total. The third-order valence-corrected chi connectivity index (χ3v) is 1.90. The van der Waals surface area contributed by atoms with Gasteiger partial charge in [0.05, 0.1) is 5.56 Å². The average molecular weight is 304 g/mol. The van der Waals surface area contributed by atoms with Gasteiger partial charge in [-0.15, -0.1) is 0 Å². The largest absolute Gasteiger partial charge is 0.478 e. The number of aromatic carboxylic acids is 1. The average Bonchev–Trinajstić information content (AvgIpc) is 2.45. The Bertz CT molecular complexity index is 514. The minimum atomic E-state index is -4.52. The highest BCUT2D eigenvalue weighted by Gasteiger charge is 2.28. The lowest BCUT2D eigenvalue weighted by molar-refractivity contribution is -0.173. The standard InChI is InChI=1S/C11H9F3N2O3.C2H6/c1-15-9(16-19-6-11(12,13)14)7-3-2-4-8(5-7)10(17)18;1-2/h2-5H,1,6H2,(H,17,18);1-2H3/b16-9-;. The summed E-state index contributed by atoms with van der Waals surface area (Å²) in [5.41, 5.74) is 0.141. The zero-order valence-electron chi connectivity index (χ0n) is 11.5. The van der Waals surface area contributed by atoms with Crippen LogP contribution in [0.15, 0.2) is 34.4 Å². The van der Waals surface area contributed by atoms with Crippen LogP contribution in [0.1, 0.15) is 29.8 Å². The van der Waals surface area contributed by atoms with Gasteiger partial charge in [0.25, 0.3) is 0 Å². The lowest BCUT2D eigenvalue weighted by Crippen LogP contribution is -2.15. The van der Waals surface area contributed by atoms with Gasteiger partial charge < -0.3 is 9.94 Å². The summed E-state index contributed by atoms with van der Waals surface area (Å²) in [4.78, 5) is 18.2. The lowest BCUT2D eigenvalue weighted by atomic mass is 10.1. The quantitative estimate of drug-likeness (QED) is 0.527. The predicted octanol–water partition coefficient (Wildman–Crippen LogP) is 3.35. The Labute approximate surface area is 119 Å². The topological polar surface area (TPSA) is 71.2 Å². The molecule has 0 aromatic heterocycles. The van der Waals surface area contributed by atoms with Crippen molar-refractivity contribution in [2.45, 2.75) is 20.0 Å². The highest BCUT2D eigenvalue weighted by molar-refractivity contribution is 6.02. The highest BCUT2D eigenvalue weighted by Crippen LogP contribution is 2.15. The van der Waals surface area contributed by atoms with E-state index in [-0.39, 0.29) is 17.0 Å². The number of carboxylic acid groups (broad SMARTS) is 1. The first-order valence-corrected chi connectivity index (χ1v) is 5.90. The molecule has 21 heavy (non-hydrogen) atoms. The molecule has 0 aliphatic carbocycles. The Balaban J connectivity index is 0.00000191. The number of amidine groups is 1. The fourth-order valence-electron chi connectivity index (χ4n) is 1.13. The van der Waals surface area contributed by atoms with Gasteiger partial charge in [-0.2, -0.15) is 13.2 Å². The third-order valence-electron chi connectivity index (χ3n) is 1.90. The minimum absolute atomic E-state index is 0.0512. The van der Waals surface area contributed by atoms with Crippen molar-refractivity contribution in [1.82, 2.24) is 0 Å². The van der Waals surface area contributed by atoms with Crippen LogP contribution in [0.25, 0.3) is 0 Å². The van der Waals surface area contributed by atoms with E-state index < -0.39 is 18.8 Å². The fourth-order valence-corrected chi connectivity index (χ4v) is 1.13. The van der Waals surface area contributed by atoms with Gasteiger partial charge in [-0.25, -0.2) is 9.79 Å². The smallest absolute Gasteiger partial charge is 0.425 e. The summed E-state index contributed by atoms with van der Waals surface area (Å²) in [6.07, 6.45) is -4.52. The molecular weight excluding hydrogens is 289 g/mol. The van der Waals surface area contributed by atoms with E-state index in [2.05, 4.69) is 21.7 Å². The Kier molecular flexibility index (Phi) is 7.74. The van der Waals surface area contributed by atoms with Crippen LogP contribution in [-0.4, -0.2) is 36.4 Å². The normalized spacial score (nSPS) is 11.2. The number of aliphatic imine (C=N–C) groups is 1. The second kappa shape index (κ2) is 8.72. The fraction of sp³-hybridized carbons (Fsp3) is 0.308. The minimum Gasteiger partial charge on any atom is -0.478 e. The first kappa shape index (κ1) is 18.6. The van der Waals surface area contributed by atoms with E-state index in [0.717, 1.165) is 0 Å². The summed E-state index contributed by atoms with van der Waals surface area (Å²) in [7, 11) is 0. The maximum absolute atomic E-state index is 11.9. The Morgan fingerprint density at radius 2 is 1.90 bits per heavy atom. The molecule has 0 fully saturated rings.